The highest BCUT2D eigenvalue weighted by atomic mass is 35.5. The van der Waals surface area contributed by atoms with Gasteiger partial charge in [-0.2, -0.15) is 18.2 Å². The van der Waals surface area contributed by atoms with E-state index in [9.17, 15) is 13.2 Å². The molecule has 2 aromatic rings. The number of nitrogens with zero attached hydrogens (tertiary/aromatic N) is 3. The summed E-state index contributed by atoms with van der Waals surface area (Å²) in [7, 11) is 0. The van der Waals surface area contributed by atoms with Crippen LogP contribution in [0, 0.1) is 0 Å². The largest absolute Gasteiger partial charge is 0.404 e. The van der Waals surface area contributed by atoms with Crippen LogP contribution < -0.4 is 5.73 Å². The molecule has 28 heavy (non-hydrogen) atoms. The Bertz CT molecular complexity index is 792. The molecule has 0 radical (unpaired) electrons. The van der Waals surface area contributed by atoms with E-state index >= 15 is 0 Å². The molecule has 1 saturated heterocycles. The lowest BCUT2D eigenvalue weighted by Crippen LogP contribution is -2.45. The average molecular weight is 417 g/mol. The van der Waals surface area contributed by atoms with Gasteiger partial charge >= 0.3 is 6.18 Å². The summed E-state index contributed by atoms with van der Waals surface area (Å²) in [6.07, 6.45) is -1.37. The van der Waals surface area contributed by atoms with Crippen LogP contribution in [-0.4, -0.2) is 34.3 Å². The molecule has 4 rings (SSSR count). The Balaban J connectivity index is 0.00000225. The van der Waals surface area contributed by atoms with Crippen LogP contribution in [0.3, 0.4) is 0 Å². The average Bonchev–Trinajstić information content (AvgIpc) is 3.34. The van der Waals surface area contributed by atoms with Crippen molar-refractivity contribution in [2.75, 3.05) is 13.1 Å². The zero-order valence-corrected chi connectivity index (χ0v) is 16.2. The Morgan fingerprint density at radius 3 is 2.43 bits per heavy atom. The van der Waals surface area contributed by atoms with Crippen molar-refractivity contribution >= 4 is 12.4 Å². The number of hydrogen-bond acceptors (Lipinski definition) is 5. The number of nitrogens with two attached hydrogens (primary N) is 1. The summed E-state index contributed by atoms with van der Waals surface area (Å²) in [5, 5.41) is 3.85. The molecule has 2 N–H and O–H groups in total. The number of aromatic nitrogens is 2. The summed E-state index contributed by atoms with van der Waals surface area (Å²) in [6.45, 7) is 0.588. The second-order valence-corrected chi connectivity index (χ2v) is 7.81. The van der Waals surface area contributed by atoms with E-state index in [1.165, 1.54) is 0 Å². The van der Waals surface area contributed by atoms with Gasteiger partial charge in [0, 0.05) is 13.1 Å². The van der Waals surface area contributed by atoms with Crippen LogP contribution in [0.2, 0.25) is 0 Å². The minimum absolute atomic E-state index is 0. The van der Waals surface area contributed by atoms with Crippen molar-refractivity contribution in [3.63, 3.8) is 0 Å². The summed E-state index contributed by atoms with van der Waals surface area (Å²) >= 11 is 0. The normalized spacial score (nSPS) is 25.0. The maximum absolute atomic E-state index is 14.1. The summed E-state index contributed by atoms with van der Waals surface area (Å²) in [6, 6.07) is 9.48. The molecule has 154 valence electrons. The maximum atomic E-state index is 14.1. The minimum Gasteiger partial charge on any atom is -0.338 e. The molecule has 1 saturated carbocycles. The molecule has 0 bridgehead atoms. The van der Waals surface area contributed by atoms with Crippen molar-refractivity contribution in [3.8, 4) is 0 Å². The molecular formula is C19H24ClF3N4O. The van der Waals surface area contributed by atoms with Gasteiger partial charge in [0.25, 0.3) is 0 Å². The molecule has 1 aromatic carbocycles. The van der Waals surface area contributed by atoms with Crippen molar-refractivity contribution in [1.82, 2.24) is 15.0 Å². The second kappa shape index (κ2) is 7.65. The predicted octanol–water partition coefficient (Wildman–Crippen LogP) is 3.93. The van der Waals surface area contributed by atoms with Crippen molar-refractivity contribution in [1.29, 1.82) is 0 Å². The second-order valence-electron chi connectivity index (χ2n) is 7.81. The summed E-state index contributed by atoms with van der Waals surface area (Å²) in [4.78, 5) is 5.97. The number of rotatable bonds is 4. The van der Waals surface area contributed by atoms with Gasteiger partial charge < -0.3 is 10.3 Å². The van der Waals surface area contributed by atoms with Crippen LogP contribution in [0.15, 0.2) is 34.9 Å². The van der Waals surface area contributed by atoms with E-state index in [0.29, 0.717) is 25.9 Å². The van der Waals surface area contributed by atoms with Gasteiger partial charge in [0.05, 0.1) is 5.54 Å². The highest BCUT2D eigenvalue weighted by Gasteiger charge is 2.63. The lowest BCUT2D eigenvalue weighted by atomic mass is 9.86. The molecule has 1 unspecified atom stereocenters. The Labute approximate surface area is 167 Å². The van der Waals surface area contributed by atoms with E-state index in [4.69, 9.17) is 10.3 Å². The molecule has 0 amide bonds. The fraction of sp³-hybridized carbons (Fsp3) is 0.579. The Kier molecular flexibility index (Phi) is 5.76. The third kappa shape index (κ3) is 3.65. The van der Waals surface area contributed by atoms with Gasteiger partial charge in [-0.05, 0) is 31.4 Å². The topological polar surface area (TPSA) is 68.2 Å². The highest BCUT2D eigenvalue weighted by molar-refractivity contribution is 5.85. The first-order valence-electron chi connectivity index (χ1n) is 9.29. The lowest BCUT2D eigenvalue weighted by molar-refractivity contribution is -0.193. The zero-order chi connectivity index (χ0) is 19.1. The lowest BCUT2D eigenvalue weighted by Gasteiger charge is -2.28. The molecule has 9 heteroatoms. The third-order valence-electron chi connectivity index (χ3n) is 5.92. The van der Waals surface area contributed by atoms with Gasteiger partial charge in [0.2, 0.25) is 5.89 Å². The first kappa shape index (κ1) is 21.1. The smallest absolute Gasteiger partial charge is 0.338 e. The summed E-state index contributed by atoms with van der Waals surface area (Å²) in [5.74, 6) is -0.141. The van der Waals surface area contributed by atoms with Gasteiger partial charge in [-0.1, -0.05) is 48.3 Å². The van der Waals surface area contributed by atoms with E-state index in [2.05, 4.69) is 10.1 Å². The number of hydrogen-bond donors (Lipinski definition) is 1. The van der Waals surface area contributed by atoms with Crippen molar-refractivity contribution in [2.45, 2.75) is 55.8 Å². The summed E-state index contributed by atoms with van der Waals surface area (Å²) in [5.41, 5.74) is 4.37. The Hall–Kier alpha value is -1.64. The summed E-state index contributed by atoms with van der Waals surface area (Å²) < 4.78 is 47.5. The number of likely N-dealkylation sites (tertiary alicyclic amines) is 1. The fourth-order valence-electron chi connectivity index (χ4n) is 4.24. The van der Waals surface area contributed by atoms with E-state index < -0.39 is 17.1 Å². The van der Waals surface area contributed by atoms with Crippen LogP contribution in [0.1, 0.15) is 49.4 Å². The van der Waals surface area contributed by atoms with Gasteiger partial charge in [-0.3, -0.25) is 4.90 Å². The Morgan fingerprint density at radius 2 is 1.79 bits per heavy atom. The quantitative estimate of drug-likeness (QED) is 0.818. The standard InChI is InChI=1S/C19H23F3N4O.ClH/c20-19(21,22)17(10-11-26(13-17)12-14-6-2-1-3-7-14)16-24-15(25-27-16)18(23)8-4-5-9-18;/h1-3,6-7H,4-5,8-13,23H2;1H. The van der Waals surface area contributed by atoms with Crippen LogP contribution in [0.4, 0.5) is 13.2 Å². The molecule has 2 fully saturated rings. The van der Waals surface area contributed by atoms with Crippen LogP contribution in [-0.2, 0) is 17.5 Å². The number of benzene rings is 1. The molecule has 1 atom stereocenters. The molecule has 1 aromatic heterocycles. The van der Waals surface area contributed by atoms with Crippen LogP contribution in [0.5, 0.6) is 0 Å². The molecule has 0 spiro atoms. The molecule has 1 aliphatic carbocycles. The van der Waals surface area contributed by atoms with Gasteiger partial charge in [0.15, 0.2) is 11.2 Å². The Morgan fingerprint density at radius 1 is 1.11 bits per heavy atom. The first-order chi connectivity index (χ1) is 12.8. The number of alkyl halides is 3. The van der Waals surface area contributed by atoms with Crippen molar-refractivity contribution in [3.05, 3.63) is 47.6 Å². The van der Waals surface area contributed by atoms with Crippen molar-refractivity contribution < 1.29 is 17.7 Å². The molecule has 5 nitrogen and oxygen atoms in total. The van der Waals surface area contributed by atoms with Gasteiger partial charge in [-0.25, -0.2) is 0 Å². The van der Waals surface area contributed by atoms with Gasteiger partial charge in [0.1, 0.15) is 0 Å². The van der Waals surface area contributed by atoms with E-state index in [-0.39, 0.29) is 37.1 Å². The van der Waals surface area contributed by atoms with Crippen LogP contribution in [0.25, 0.3) is 0 Å². The van der Waals surface area contributed by atoms with E-state index in [0.717, 1.165) is 18.4 Å². The molecule has 2 aliphatic rings. The fourth-order valence-corrected chi connectivity index (χ4v) is 4.24. The number of halogens is 4. The van der Waals surface area contributed by atoms with E-state index in [1.807, 2.05) is 30.3 Å². The van der Waals surface area contributed by atoms with Crippen LogP contribution >= 0.6 is 12.4 Å². The SMILES string of the molecule is Cl.NC1(c2noc(C3(C(F)(F)F)CCN(Cc4ccccc4)C3)n2)CCCC1. The zero-order valence-electron chi connectivity index (χ0n) is 15.4. The minimum atomic E-state index is -4.47. The maximum Gasteiger partial charge on any atom is 0.404 e. The molecule has 1 aliphatic heterocycles. The highest BCUT2D eigenvalue weighted by Crippen LogP contribution is 2.48. The third-order valence-corrected chi connectivity index (χ3v) is 5.92. The molecular weight excluding hydrogens is 393 g/mol. The van der Waals surface area contributed by atoms with Gasteiger partial charge in [-0.15, -0.1) is 12.4 Å². The van der Waals surface area contributed by atoms with Crippen molar-refractivity contribution in [2.24, 2.45) is 5.73 Å². The first-order valence-corrected chi connectivity index (χ1v) is 9.29. The molecule has 2 heterocycles. The predicted molar refractivity (Wildman–Crippen MR) is 99.9 cm³/mol. The van der Waals surface area contributed by atoms with E-state index in [1.54, 1.807) is 4.90 Å². The monoisotopic (exact) mass is 416 g/mol.